The fourth-order valence-electron chi connectivity index (χ4n) is 3.62. The second kappa shape index (κ2) is 8.78. The van der Waals surface area contributed by atoms with Gasteiger partial charge in [-0.2, -0.15) is 4.31 Å². The normalized spacial score (nSPS) is 16.5. The first-order chi connectivity index (χ1) is 14.8. The Bertz CT molecular complexity index is 1150. The summed E-state index contributed by atoms with van der Waals surface area (Å²) in [6.07, 6.45) is 0. The molecular formula is C22H24FN3O4S. The number of amides is 1. The SMILES string of the molecule is CC(NCC(=O)N1CCN(S(=O)(=O)c2cccc(F)c2)CC1)c1cc2ccccc2o1. The van der Waals surface area contributed by atoms with Crippen molar-refractivity contribution in [2.75, 3.05) is 32.7 Å². The molecule has 2 aromatic carbocycles. The summed E-state index contributed by atoms with van der Waals surface area (Å²) in [5.41, 5.74) is 0.799. The fraction of sp³-hybridized carbons (Fsp3) is 0.318. The van der Waals surface area contributed by atoms with Gasteiger partial charge in [0, 0.05) is 31.6 Å². The molecular weight excluding hydrogens is 421 g/mol. The van der Waals surface area contributed by atoms with Crippen LogP contribution in [0.4, 0.5) is 4.39 Å². The van der Waals surface area contributed by atoms with Crippen LogP contribution in [0.5, 0.6) is 0 Å². The number of nitrogens with zero attached hydrogens (tertiary/aromatic N) is 2. The van der Waals surface area contributed by atoms with E-state index < -0.39 is 15.8 Å². The number of carbonyl (C=O) groups is 1. The average Bonchev–Trinajstić information content (AvgIpc) is 3.22. The number of sulfonamides is 1. The third-order valence-electron chi connectivity index (χ3n) is 5.46. The smallest absolute Gasteiger partial charge is 0.243 e. The van der Waals surface area contributed by atoms with Gasteiger partial charge < -0.3 is 9.32 Å². The number of nitrogens with one attached hydrogen (secondary N) is 1. The van der Waals surface area contributed by atoms with E-state index in [0.717, 1.165) is 22.8 Å². The molecule has 1 atom stereocenters. The van der Waals surface area contributed by atoms with Gasteiger partial charge in [-0.15, -0.1) is 0 Å². The maximum atomic E-state index is 13.4. The third-order valence-corrected chi connectivity index (χ3v) is 7.35. The number of halogens is 1. The number of hydrogen-bond donors (Lipinski definition) is 1. The Morgan fingerprint density at radius 2 is 1.84 bits per heavy atom. The van der Waals surface area contributed by atoms with Gasteiger partial charge in [-0.3, -0.25) is 10.1 Å². The summed E-state index contributed by atoms with van der Waals surface area (Å²) in [6, 6.07) is 14.5. The van der Waals surface area contributed by atoms with Gasteiger partial charge in [0.15, 0.2) is 0 Å². The molecule has 1 unspecified atom stereocenters. The highest BCUT2D eigenvalue weighted by atomic mass is 32.2. The van der Waals surface area contributed by atoms with Crippen LogP contribution < -0.4 is 5.32 Å². The molecule has 1 aliphatic heterocycles. The van der Waals surface area contributed by atoms with E-state index in [4.69, 9.17) is 4.42 Å². The lowest BCUT2D eigenvalue weighted by molar-refractivity contribution is -0.131. The van der Waals surface area contributed by atoms with Crippen LogP contribution in [0.2, 0.25) is 0 Å². The van der Waals surface area contributed by atoms with Crippen LogP contribution >= 0.6 is 0 Å². The molecule has 1 aromatic heterocycles. The number of fused-ring (bicyclic) bond motifs is 1. The van der Waals surface area contributed by atoms with Crippen LogP contribution in [0.3, 0.4) is 0 Å². The Balaban J connectivity index is 1.31. The zero-order chi connectivity index (χ0) is 22.0. The van der Waals surface area contributed by atoms with E-state index in [-0.39, 0.29) is 49.6 Å². The largest absolute Gasteiger partial charge is 0.459 e. The Hall–Kier alpha value is -2.75. The fourth-order valence-corrected chi connectivity index (χ4v) is 5.08. The van der Waals surface area contributed by atoms with Crippen LogP contribution in [0.1, 0.15) is 18.7 Å². The number of para-hydroxylation sites is 1. The lowest BCUT2D eigenvalue weighted by Crippen LogP contribution is -2.52. The number of benzene rings is 2. The second-order valence-electron chi connectivity index (χ2n) is 7.53. The Morgan fingerprint density at radius 3 is 2.55 bits per heavy atom. The molecule has 0 spiro atoms. The quantitative estimate of drug-likeness (QED) is 0.631. The van der Waals surface area contributed by atoms with E-state index in [1.807, 2.05) is 37.3 Å². The van der Waals surface area contributed by atoms with Gasteiger partial charge in [0.1, 0.15) is 17.2 Å². The first-order valence-electron chi connectivity index (χ1n) is 10.1. The lowest BCUT2D eigenvalue weighted by atomic mass is 10.2. The first kappa shape index (κ1) is 21.5. The Kier molecular flexibility index (Phi) is 6.08. The number of carbonyl (C=O) groups excluding carboxylic acids is 1. The van der Waals surface area contributed by atoms with Gasteiger partial charge in [0.05, 0.1) is 17.5 Å². The minimum atomic E-state index is -3.78. The third kappa shape index (κ3) is 4.63. The minimum Gasteiger partial charge on any atom is -0.459 e. The topological polar surface area (TPSA) is 82.9 Å². The van der Waals surface area contributed by atoms with Gasteiger partial charge in [-0.1, -0.05) is 24.3 Å². The number of rotatable bonds is 6. The molecule has 1 saturated heterocycles. The zero-order valence-electron chi connectivity index (χ0n) is 17.1. The van der Waals surface area contributed by atoms with E-state index in [0.29, 0.717) is 0 Å². The molecule has 1 fully saturated rings. The van der Waals surface area contributed by atoms with E-state index >= 15 is 0 Å². The summed E-state index contributed by atoms with van der Waals surface area (Å²) in [7, 11) is -3.78. The highest BCUT2D eigenvalue weighted by Gasteiger charge is 2.30. The second-order valence-corrected chi connectivity index (χ2v) is 9.47. The summed E-state index contributed by atoms with van der Waals surface area (Å²) in [6.45, 7) is 2.96. The van der Waals surface area contributed by atoms with Crippen molar-refractivity contribution in [1.82, 2.24) is 14.5 Å². The Morgan fingerprint density at radius 1 is 1.10 bits per heavy atom. The highest BCUT2D eigenvalue weighted by molar-refractivity contribution is 7.89. The predicted octanol–water partition coefficient (Wildman–Crippen LogP) is 2.76. The molecule has 7 nitrogen and oxygen atoms in total. The Labute approximate surface area is 180 Å². The van der Waals surface area contributed by atoms with Crippen molar-refractivity contribution in [2.45, 2.75) is 17.9 Å². The first-order valence-corrected chi connectivity index (χ1v) is 11.5. The molecule has 1 N–H and O–H groups in total. The molecule has 0 bridgehead atoms. The van der Waals surface area contributed by atoms with Gasteiger partial charge in [0.25, 0.3) is 0 Å². The zero-order valence-corrected chi connectivity index (χ0v) is 17.9. The van der Waals surface area contributed by atoms with Crippen molar-refractivity contribution in [3.63, 3.8) is 0 Å². The van der Waals surface area contributed by atoms with Crippen molar-refractivity contribution >= 4 is 26.9 Å². The molecule has 9 heteroatoms. The monoisotopic (exact) mass is 445 g/mol. The molecule has 164 valence electrons. The van der Waals surface area contributed by atoms with Crippen LogP contribution in [0.15, 0.2) is 63.9 Å². The van der Waals surface area contributed by atoms with E-state index in [9.17, 15) is 17.6 Å². The molecule has 0 radical (unpaired) electrons. The van der Waals surface area contributed by atoms with Crippen molar-refractivity contribution in [1.29, 1.82) is 0 Å². The summed E-state index contributed by atoms with van der Waals surface area (Å²) in [5.74, 6) is 0.0466. The van der Waals surface area contributed by atoms with Gasteiger partial charge in [-0.05, 0) is 37.3 Å². The van der Waals surface area contributed by atoms with Crippen LogP contribution in [0, 0.1) is 5.82 Å². The number of hydrogen-bond acceptors (Lipinski definition) is 5. The van der Waals surface area contributed by atoms with E-state index in [1.54, 1.807) is 4.90 Å². The molecule has 0 aliphatic carbocycles. The minimum absolute atomic E-state index is 0.0754. The van der Waals surface area contributed by atoms with Crippen LogP contribution in [-0.4, -0.2) is 56.3 Å². The van der Waals surface area contributed by atoms with Crippen LogP contribution in [0.25, 0.3) is 11.0 Å². The van der Waals surface area contributed by atoms with Gasteiger partial charge in [0.2, 0.25) is 15.9 Å². The lowest BCUT2D eigenvalue weighted by Gasteiger charge is -2.34. The highest BCUT2D eigenvalue weighted by Crippen LogP contribution is 2.23. The summed E-state index contributed by atoms with van der Waals surface area (Å²) in [4.78, 5) is 14.2. The van der Waals surface area contributed by atoms with Gasteiger partial charge in [-0.25, -0.2) is 12.8 Å². The molecule has 31 heavy (non-hydrogen) atoms. The number of furan rings is 1. The molecule has 1 amide bonds. The maximum absolute atomic E-state index is 13.4. The molecule has 0 saturated carbocycles. The van der Waals surface area contributed by atoms with Crippen molar-refractivity contribution in [3.05, 3.63) is 66.2 Å². The predicted molar refractivity (Wildman–Crippen MR) is 114 cm³/mol. The van der Waals surface area contributed by atoms with Crippen molar-refractivity contribution < 1.29 is 22.0 Å². The van der Waals surface area contributed by atoms with Crippen LogP contribution in [-0.2, 0) is 14.8 Å². The summed E-state index contributed by atoms with van der Waals surface area (Å²) >= 11 is 0. The maximum Gasteiger partial charge on any atom is 0.243 e. The average molecular weight is 446 g/mol. The van der Waals surface area contributed by atoms with Gasteiger partial charge >= 0.3 is 0 Å². The summed E-state index contributed by atoms with van der Waals surface area (Å²) < 4.78 is 45.9. The number of piperazine rings is 1. The molecule has 4 rings (SSSR count). The van der Waals surface area contributed by atoms with Crippen molar-refractivity contribution in [2.24, 2.45) is 0 Å². The van der Waals surface area contributed by atoms with E-state index in [2.05, 4.69) is 5.32 Å². The van der Waals surface area contributed by atoms with E-state index in [1.165, 1.54) is 22.5 Å². The molecule has 1 aliphatic rings. The van der Waals surface area contributed by atoms with Crippen molar-refractivity contribution in [3.8, 4) is 0 Å². The standard InChI is InChI=1S/C22H24FN3O4S/c1-16(21-13-17-5-2-3-8-20(17)30-21)24-15-22(27)25-9-11-26(12-10-25)31(28,29)19-7-4-6-18(23)14-19/h2-8,13-14,16,24H,9-12,15H2,1H3. The molecule has 3 aromatic rings. The summed E-state index contributed by atoms with van der Waals surface area (Å²) in [5, 5.41) is 4.18. The molecule has 2 heterocycles.